The third kappa shape index (κ3) is 4.38. The molecule has 1 heterocycles. The Hall–Kier alpha value is -2.58. The van der Waals surface area contributed by atoms with E-state index in [-0.39, 0.29) is 30.2 Å². The van der Waals surface area contributed by atoms with Crippen LogP contribution in [0, 0.1) is 0 Å². The van der Waals surface area contributed by atoms with Crippen LogP contribution in [0.15, 0.2) is 53.4 Å². The number of nitrogens with zero attached hydrogens (tertiary/aromatic N) is 1. The summed E-state index contributed by atoms with van der Waals surface area (Å²) in [5, 5.41) is 2.78. The Labute approximate surface area is 170 Å². The maximum atomic E-state index is 13.3. The number of hydrogen-bond acceptors (Lipinski definition) is 5. The molecule has 1 aliphatic carbocycles. The second-order valence-corrected chi connectivity index (χ2v) is 9.16. The summed E-state index contributed by atoms with van der Waals surface area (Å²) in [5.74, 6) is 0.802. The number of amides is 1. The van der Waals surface area contributed by atoms with E-state index in [1.165, 1.54) is 4.31 Å². The van der Waals surface area contributed by atoms with E-state index in [9.17, 15) is 13.2 Å². The number of carbonyl (C=O) groups excluding carboxylic acids is 1. The van der Waals surface area contributed by atoms with Crippen LogP contribution < -0.4 is 14.8 Å². The molecule has 1 saturated carbocycles. The standard InChI is InChI=1S/C21H24N2O5S/c24-21(22-16-11-12-19-20(13-16)28-15-27-19)14-23(17-7-3-1-4-8-17)29(25,26)18-9-5-2-6-10-18/h2,5-6,9-13,17H,1,3-4,7-8,14-15H2,(H,22,24). The Morgan fingerprint density at radius 2 is 1.72 bits per heavy atom. The molecule has 29 heavy (non-hydrogen) atoms. The normalized spacial score (nSPS) is 16.7. The van der Waals surface area contributed by atoms with E-state index >= 15 is 0 Å². The Morgan fingerprint density at radius 1 is 1.00 bits per heavy atom. The second-order valence-electron chi connectivity index (χ2n) is 7.27. The predicted octanol–water partition coefficient (Wildman–Crippen LogP) is 3.38. The van der Waals surface area contributed by atoms with E-state index in [1.54, 1.807) is 48.5 Å². The van der Waals surface area contributed by atoms with Gasteiger partial charge in [0.25, 0.3) is 0 Å². The van der Waals surface area contributed by atoms with Crippen LogP contribution >= 0.6 is 0 Å². The number of fused-ring (bicyclic) bond motifs is 1. The van der Waals surface area contributed by atoms with Crippen molar-refractivity contribution in [2.75, 3.05) is 18.7 Å². The molecule has 0 radical (unpaired) electrons. The third-order valence-electron chi connectivity index (χ3n) is 5.29. The van der Waals surface area contributed by atoms with E-state index in [0.29, 0.717) is 17.2 Å². The van der Waals surface area contributed by atoms with Crippen molar-refractivity contribution in [2.24, 2.45) is 0 Å². The van der Waals surface area contributed by atoms with Gasteiger partial charge in [-0.1, -0.05) is 37.5 Å². The molecule has 154 valence electrons. The average Bonchev–Trinajstić information content (AvgIpc) is 3.21. The number of carbonyl (C=O) groups is 1. The highest BCUT2D eigenvalue weighted by atomic mass is 32.2. The van der Waals surface area contributed by atoms with E-state index in [2.05, 4.69) is 5.32 Å². The van der Waals surface area contributed by atoms with Gasteiger partial charge in [0.1, 0.15) is 0 Å². The smallest absolute Gasteiger partial charge is 0.243 e. The number of sulfonamides is 1. The predicted molar refractivity (Wildman–Crippen MR) is 108 cm³/mol. The topological polar surface area (TPSA) is 84.9 Å². The van der Waals surface area contributed by atoms with Gasteiger partial charge in [0.05, 0.1) is 11.4 Å². The summed E-state index contributed by atoms with van der Waals surface area (Å²) in [7, 11) is -3.77. The van der Waals surface area contributed by atoms with Crippen LogP contribution in [0.3, 0.4) is 0 Å². The highest BCUT2D eigenvalue weighted by molar-refractivity contribution is 7.89. The Morgan fingerprint density at radius 3 is 2.48 bits per heavy atom. The van der Waals surface area contributed by atoms with Gasteiger partial charge in [-0.25, -0.2) is 8.42 Å². The van der Waals surface area contributed by atoms with E-state index in [1.807, 2.05) is 0 Å². The lowest BCUT2D eigenvalue weighted by atomic mass is 9.95. The number of nitrogens with one attached hydrogen (secondary N) is 1. The zero-order valence-corrected chi connectivity index (χ0v) is 16.9. The van der Waals surface area contributed by atoms with Gasteiger partial charge < -0.3 is 14.8 Å². The molecule has 7 nitrogen and oxygen atoms in total. The number of benzene rings is 2. The maximum Gasteiger partial charge on any atom is 0.243 e. The molecule has 2 aliphatic rings. The van der Waals surface area contributed by atoms with Crippen molar-refractivity contribution in [1.29, 1.82) is 0 Å². The van der Waals surface area contributed by atoms with Crippen molar-refractivity contribution < 1.29 is 22.7 Å². The first-order chi connectivity index (χ1) is 14.0. The van der Waals surface area contributed by atoms with Crippen LogP contribution in [0.1, 0.15) is 32.1 Å². The van der Waals surface area contributed by atoms with Crippen molar-refractivity contribution in [1.82, 2.24) is 4.31 Å². The summed E-state index contributed by atoms with van der Waals surface area (Å²) in [5.41, 5.74) is 0.542. The summed E-state index contributed by atoms with van der Waals surface area (Å²) in [4.78, 5) is 13.0. The first-order valence-corrected chi connectivity index (χ1v) is 11.2. The molecule has 1 amide bonds. The fraction of sp³-hybridized carbons (Fsp3) is 0.381. The first kappa shape index (κ1) is 19.7. The van der Waals surface area contributed by atoms with Gasteiger partial charge in [-0.05, 0) is 37.1 Å². The van der Waals surface area contributed by atoms with Crippen molar-refractivity contribution in [2.45, 2.75) is 43.0 Å². The average molecular weight is 416 g/mol. The molecule has 8 heteroatoms. The van der Waals surface area contributed by atoms with Gasteiger partial charge in [0, 0.05) is 17.8 Å². The van der Waals surface area contributed by atoms with Gasteiger partial charge in [0.2, 0.25) is 22.7 Å². The maximum absolute atomic E-state index is 13.3. The highest BCUT2D eigenvalue weighted by Gasteiger charge is 2.34. The van der Waals surface area contributed by atoms with Crippen molar-refractivity contribution >= 4 is 21.6 Å². The quantitative estimate of drug-likeness (QED) is 0.780. The third-order valence-corrected chi connectivity index (χ3v) is 7.20. The van der Waals surface area contributed by atoms with E-state index < -0.39 is 10.0 Å². The van der Waals surface area contributed by atoms with Crippen LogP contribution in [0.4, 0.5) is 5.69 Å². The van der Waals surface area contributed by atoms with Gasteiger partial charge in [0.15, 0.2) is 11.5 Å². The minimum atomic E-state index is -3.77. The Bertz CT molecular complexity index is 972. The highest BCUT2D eigenvalue weighted by Crippen LogP contribution is 2.34. The molecule has 1 fully saturated rings. The van der Waals surface area contributed by atoms with Crippen LogP contribution in [0.25, 0.3) is 0 Å². The molecule has 0 aromatic heterocycles. The van der Waals surface area contributed by atoms with Crippen LogP contribution in [-0.4, -0.2) is 38.0 Å². The molecular weight excluding hydrogens is 392 g/mol. The molecule has 0 atom stereocenters. The molecule has 0 unspecified atom stereocenters. The lowest BCUT2D eigenvalue weighted by Crippen LogP contribution is -2.45. The number of ether oxygens (including phenoxy) is 2. The minimum absolute atomic E-state index is 0.150. The largest absolute Gasteiger partial charge is 0.454 e. The van der Waals surface area contributed by atoms with Gasteiger partial charge in [-0.15, -0.1) is 0 Å². The van der Waals surface area contributed by atoms with Crippen molar-refractivity contribution in [3.63, 3.8) is 0 Å². The summed E-state index contributed by atoms with van der Waals surface area (Å²) in [6.45, 7) is -0.0755. The van der Waals surface area contributed by atoms with Crippen LogP contribution in [-0.2, 0) is 14.8 Å². The summed E-state index contributed by atoms with van der Waals surface area (Å²) in [6.07, 6.45) is 4.57. The van der Waals surface area contributed by atoms with Crippen LogP contribution in [0.5, 0.6) is 11.5 Å². The molecule has 0 saturated heterocycles. The minimum Gasteiger partial charge on any atom is -0.454 e. The summed E-state index contributed by atoms with van der Waals surface area (Å²) in [6, 6.07) is 13.2. The Kier molecular flexibility index (Phi) is 5.73. The first-order valence-electron chi connectivity index (χ1n) is 9.80. The molecule has 0 bridgehead atoms. The lowest BCUT2D eigenvalue weighted by Gasteiger charge is -2.33. The Balaban J connectivity index is 1.54. The fourth-order valence-corrected chi connectivity index (χ4v) is 5.49. The number of anilines is 1. The van der Waals surface area contributed by atoms with Gasteiger partial charge in [-0.3, -0.25) is 4.79 Å². The molecule has 0 spiro atoms. The number of rotatable bonds is 6. The van der Waals surface area contributed by atoms with Crippen LogP contribution in [0.2, 0.25) is 0 Å². The number of hydrogen-bond donors (Lipinski definition) is 1. The molecule has 1 aliphatic heterocycles. The SMILES string of the molecule is O=C(CN(C1CCCCC1)S(=O)(=O)c1ccccc1)Nc1ccc2c(c1)OCO2. The summed E-state index contributed by atoms with van der Waals surface area (Å²) >= 11 is 0. The summed E-state index contributed by atoms with van der Waals surface area (Å²) < 4.78 is 38.5. The molecule has 1 N–H and O–H groups in total. The monoisotopic (exact) mass is 416 g/mol. The van der Waals surface area contributed by atoms with Crippen molar-refractivity contribution in [3.05, 3.63) is 48.5 Å². The molecule has 4 rings (SSSR count). The van der Waals surface area contributed by atoms with E-state index in [4.69, 9.17) is 9.47 Å². The lowest BCUT2D eigenvalue weighted by molar-refractivity contribution is -0.116. The molecule has 2 aromatic rings. The van der Waals surface area contributed by atoms with Gasteiger partial charge in [-0.2, -0.15) is 4.31 Å². The van der Waals surface area contributed by atoms with Crippen molar-refractivity contribution in [3.8, 4) is 11.5 Å². The zero-order chi connectivity index (χ0) is 20.3. The molecule has 2 aromatic carbocycles. The van der Waals surface area contributed by atoms with Gasteiger partial charge >= 0.3 is 0 Å². The van der Waals surface area contributed by atoms with E-state index in [0.717, 1.165) is 32.1 Å². The fourth-order valence-electron chi connectivity index (χ4n) is 3.82. The zero-order valence-electron chi connectivity index (χ0n) is 16.0. The molecular formula is C21H24N2O5S. The second kappa shape index (κ2) is 8.42.